The number of methoxy groups -OCH3 is 1. The Bertz CT molecular complexity index is 720. The number of para-hydroxylation sites is 1. The maximum absolute atomic E-state index is 11.0. The molecule has 0 aromatic heterocycles. The van der Waals surface area contributed by atoms with Crippen LogP contribution in [0, 0.1) is 10.1 Å². The number of nitrogens with one attached hydrogen (secondary N) is 2. The number of nitro groups is 1. The lowest BCUT2D eigenvalue weighted by Crippen LogP contribution is -2.36. The Labute approximate surface area is 163 Å². The van der Waals surface area contributed by atoms with Crippen molar-refractivity contribution in [3.8, 4) is 5.75 Å². The van der Waals surface area contributed by atoms with Gasteiger partial charge >= 0.3 is 0 Å². The Balaban J connectivity index is 0.00000312. The van der Waals surface area contributed by atoms with Crippen molar-refractivity contribution >= 4 is 35.6 Å². The molecule has 0 atom stereocenters. The molecule has 0 amide bonds. The monoisotopic (exact) mass is 456 g/mol. The number of guanidine groups is 1. The fourth-order valence-electron chi connectivity index (χ4n) is 2.17. The van der Waals surface area contributed by atoms with Gasteiger partial charge < -0.3 is 15.4 Å². The first kappa shape index (κ1) is 20.7. The largest absolute Gasteiger partial charge is 0.497 e. The molecular formula is C17H21IN4O3. The summed E-state index contributed by atoms with van der Waals surface area (Å²) in [6.45, 7) is 0.903. The van der Waals surface area contributed by atoms with Crippen LogP contribution in [0.25, 0.3) is 0 Å². The van der Waals surface area contributed by atoms with Crippen LogP contribution in [0.15, 0.2) is 53.5 Å². The molecule has 2 rings (SSSR count). The summed E-state index contributed by atoms with van der Waals surface area (Å²) in [5.41, 5.74) is 1.77. The first-order valence-corrected chi connectivity index (χ1v) is 7.43. The highest BCUT2D eigenvalue weighted by atomic mass is 127. The van der Waals surface area contributed by atoms with E-state index < -0.39 is 0 Å². The summed E-state index contributed by atoms with van der Waals surface area (Å²) in [5.74, 6) is 1.38. The van der Waals surface area contributed by atoms with Gasteiger partial charge in [-0.05, 0) is 17.7 Å². The molecule has 0 saturated carbocycles. The summed E-state index contributed by atoms with van der Waals surface area (Å²) in [7, 11) is 3.28. The van der Waals surface area contributed by atoms with E-state index in [1.165, 1.54) is 6.07 Å². The van der Waals surface area contributed by atoms with Crippen LogP contribution in [0.5, 0.6) is 5.75 Å². The van der Waals surface area contributed by atoms with Gasteiger partial charge in [-0.3, -0.25) is 15.1 Å². The van der Waals surface area contributed by atoms with Gasteiger partial charge in [-0.25, -0.2) is 0 Å². The van der Waals surface area contributed by atoms with Crippen molar-refractivity contribution in [2.75, 3.05) is 14.2 Å². The highest BCUT2D eigenvalue weighted by Gasteiger charge is 2.12. The van der Waals surface area contributed by atoms with Crippen LogP contribution in [0.3, 0.4) is 0 Å². The lowest BCUT2D eigenvalue weighted by Gasteiger charge is -2.12. The van der Waals surface area contributed by atoms with Gasteiger partial charge in [0.15, 0.2) is 5.96 Å². The standard InChI is InChI=1S/C17H20N4O3.HI/c1-18-17(19-11-13-7-9-15(24-2)10-8-13)20-12-14-5-3-4-6-16(14)21(22)23;/h3-10H,11-12H2,1-2H3,(H2,18,19,20);1H. The van der Waals surface area contributed by atoms with Crippen LogP contribution in [-0.2, 0) is 13.1 Å². The minimum Gasteiger partial charge on any atom is -0.497 e. The molecule has 7 nitrogen and oxygen atoms in total. The Hall–Kier alpha value is -2.36. The van der Waals surface area contributed by atoms with Crippen molar-refractivity contribution < 1.29 is 9.66 Å². The summed E-state index contributed by atoms with van der Waals surface area (Å²) < 4.78 is 5.12. The Kier molecular flexibility index (Phi) is 8.68. The van der Waals surface area contributed by atoms with Gasteiger partial charge in [0.1, 0.15) is 5.75 Å². The summed E-state index contributed by atoms with van der Waals surface area (Å²) >= 11 is 0. The van der Waals surface area contributed by atoms with E-state index in [9.17, 15) is 10.1 Å². The minimum atomic E-state index is -0.384. The predicted octanol–water partition coefficient (Wildman–Crippen LogP) is 3.09. The van der Waals surface area contributed by atoms with Gasteiger partial charge in [-0.1, -0.05) is 30.3 Å². The van der Waals surface area contributed by atoms with E-state index in [0.29, 0.717) is 24.6 Å². The second-order valence-electron chi connectivity index (χ2n) is 5.01. The SMILES string of the molecule is CN=C(NCc1ccc(OC)cc1)NCc1ccccc1[N+](=O)[O-].I. The molecule has 0 heterocycles. The Morgan fingerprint density at radius 1 is 1.12 bits per heavy atom. The van der Waals surface area contributed by atoms with E-state index in [0.717, 1.165) is 11.3 Å². The Morgan fingerprint density at radius 3 is 2.36 bits per heavy atom. The predicted molar refractivity (Wildman–Crippen MR) is 109 cm³/mol. The van der Waals surface area contributed by atoms with Crippen molar-refractivity contribution in [3.05, 3.63) is 69.8 Å². The number of halogens is 1. The molecule has 2 aromatic carbocycles. The fraction of sp³-hybridized carbons (Fsp3) is 0.235. The Morgan fingerprint density at radius 2 is 1.76 bits per heavy atom. The molecule has 0 aliphatic rings. The third kappa shape index (κ3) is 6.22. The first-order chi connectivity index (χ1) is 11.6. The molecule has 0 aliphatic carbocycles. The number of aliphatic imine (C=N–C) groups is 1. The molecule has 0 bridgehead atoms. The quantitative estimate of drug-likeness (QED) is 0.229. The third-order valence-corrected chi connectivity index (χ3v) is 3.48. The summed E-state index contributed by atoms with van der Waals surface area (Å²) in [6.07, 6.45) is 0. The number of nitro benzene ring substituents is 1. The topological polar surface area (TPSA) is 88.8 Å². The van der Waals surface area contributed by atoms with Gasteiger partial charge in [-0.2, -0.15) is 0 Å². The van der Waals surface area contributed by atoms with Gasteiger partial charge in [-0.15, -0.1) is 24.0 Å². The number of nitrogens with zero attached hydrogens (tertiary/aromatic N) is 2. The van der Waals surface area contributed by atoms with Gasteiger partial charge in [0.05, 0.1) is 12.0 Å². The zero-order valence-electron chi connectivity index (χ0n) is 14.1. The van der Waals surface area contributed by atoms with E-state index in [2.05, 4.69) is 15.6 Å². The van der Waals surface area contributed by atoms with E-state index in [-0.39, 0.29) is 34.6 Å². The molecule has 2 aromatic rings. The van der Waals surface area contributed by atoms with Crippen LogP contribution in [-0.4, -0.2) is 25.0 Å². The van der Waals surface area contributed by atoms with Crippen molar-refractivity contribution in [2.24, 2.45) is 4.99 Å². The molecule has 25 heavy (non-hydrogen) atoms. The molecule has 0 spiro atoms. The molecule has 0 aliphatic heterocycles. The third-order valence-electron chi connectivity index (χ3n) is 3.48. The maximum Gasteiger partial charge on any atom is 0.274 e. The highest BCUT2D eigenvalue weighted by molar-refractivity contribution is 14.0. The molecule has 134 valence electrons. The molecule has 0 radical (unpaired) electrons. The number of benzene rings is 2. The van der Waals surface area contributed by atoms with Crippen LogP contribution in [0.4, 0.5) is 5.69 Å². The van der Waals surface area contributed by atoms with Crippen molar-refractivity contribution in [2.45, 2.75) is 13.1 Å². The molecule has 0 saturated heterocycles. The molecule has 0 fully saturated rings. The molecular weight excluding hydrogens is 435 g/mol. The zero-order chi connectivity index (χ0) is 17.4. The number of hydrogen-bond donors (Lipinski definition) is 2. The van der Waals surface area contributed by atoms with Crippen LogP contribution >= 0.6 is 24.0 Å². The number of hydrogen-bond acceptors (Lipinski definition) is 4. The van der Waals surface area contributed by atoms with E-state index in [4.69, 9.17) is 4.74 Å². The van der Waals surface area contributed by atoms with E-state index in [1.807, 2.05) is 24.3 Å². The van der Waals surface area contributed by atoms with Gasteiger partial charge in [0.25, 0.3) is 5.69 Å². The molecule has 8 heteroatoms. The van der Waals surface area contributed by atoms with Crippen molar-refractivity contribution in [1.82, 2.24) is 10.6 Å². The second-order valence-corrected chi connectivity index (χ2v) is 5.01. The lowest BCUT2D eigenvalue weighted by atomic mass is 10.2. The van der Waals surface area contributed by atoms with E-state index in [1.54, 1.807) is 32.4 Å². The normalized spacial score (nSPS) is 10.6. The fourth-order valence-corrected chi connectivity index (χ4v) is 2.17. The zero-order valence-corrected chi connectivity index (χ0v) is 16.4. The summed E-state index contributed by atoms with van der Waals surface area (Å²) in [4.78, 5) is 14.8. The molecule has 0 unspecified atom stereocenters. The second kappa shape index (κ2) is 10.5. The van der Waals surface area contributed by atoms with Gasteiger partial charge in [0.2, 0.25) is 0 Å². The lowest BCUT2D eigenvalue weighted by molar-refractivity contribution is -0.385. The number of ether oxygens (including phenoxy) is 1. The summed E-state index contributed by atoms with van der Waals surface area (Å²) in [5, 5.41) is 17.3. The number of rotatable bonds is 6. The summed E-state index contributed by atoms with van der Waals surface area (Å²) in [6, 6.07) is 14.3. The van der Waals surface area contributed by atoms with Crippen LogP contribution in [0.2, 0.25) is 0 Å². The van der Waals surface area contributed by atoms with Gasteiger partial charge in [0, 0.05) is 31.8 Å². The smallest absolute Gasteiger partial charge is 0.274 e. The van der Waals surface area contributed by atoms with E-state index >= 15 is 0 Å². The van der Waals surface area contributed by atoms with Crippen molar-refractivity contribution in [1.29, 1.82) is 0 Å². The average Bonchev–Trinajstić information content (AvgIpc) is 2.62. The average molecular weight is 456 g/mol. The molecule has 2 N–H and O–H groups in total. The van der Waals surface area contributed by atoms with Crippen LogP contribution in [0.1, 0.15) is 11.1 Å². The first-order valence-electron chi connectivity index (χ1n) is 7.43. The van der Waals surface area contributed by atoms with Crippen LogP contribution < -0.4 is 15.4 Å². The maximum atomic E-state index is 11.0. The minimum absolute atomic E-state index is 0. The highest BCUT2D eigenvalue weighted by Crippen LogP contribution is 2.17. The van der Waals surface area contributed by atoms with Crippen molar-refractivity contribution in [3.63, 3.8) is 0 Å².